The molecular weight excluding hydrogens is 480 g/mol. The third-order valence-electron chi connectivity index (χ3n) is 5.75. The molecule has 0 aliphatic heterocycles. The molecule has 2 N–H and O–H groups in total. The number of benzene rings is 3. The minimum atomic E-state index is -0.566. The number of amides is 1. The molecule has 9 nitrogen and oxygen atoms in total. The number of anilines is 1. The summed E-state index contributed by atoms with van der Waals surface area (Å²) >= 11 is 5.33. The number of oxazole rings is 1. The van der Waals surface area contributed by atoms with Gasteiger partial charge < -0.3 is 14.5 Å². The van der Waals surface area contributed by atoms with Gasteiger partial charge in [-0.1, -0.05) is 26.0 Å². The second-order valence-corrected chi connectivity index (χ2v) is 8.84. The van der Waals surface area contributed by atoms with Crippen LogP contribution in [0, 0.1) is 17.0 Å². The smallest absolute Gasteiger partial charge is 0.273 e. The van der Waals surface area contributed by atoms with Crippen LogP contribution in [0.4, 0.5) is 11.4 Å². The van der Waals surface area contributed by atoms with Crippen LogP contribution in [-0.2, 0) is 0 Å². The van der Waals surface area contributed by atoms with E-state index in [4.69, 9.17) is 21.4 Å². The molecule has 4 rings (SSSR count). The van der Waals surface area contributed by atoms with E-state index in [0.29, 0.717) is 34.4 Å². The van der Waals surface area contributed by atoms with Crippen molar-refractivity contribution in [1.29, 1.82) is 0 Å². The Hall–Kier alpha value is -4.31. The van der Waals surface area contributed by atoms with Crippen LogP contribution in [0.15, 0.2) is 59.0 Å². The van der Waals surface area contributed by atoms with Crippen LogP contribution in [0.3, 0.4) is 0 Å². The van der Waals surface area contributed by atoms with Crippen molar-refractivity contribution in [2.24, 2.45) is 0 Å². The topological polar surface area (TPSA) is 120 Å². The van der Waals surface area contributed by atoms with E-state index in [1.807, 2.05) is 24.3 Å². The number of ether oxygens (including phenoxy) is 1. The van der Waals surface area contributed by atoms with Gasteiger partial charge in [-0.2, -0.15) is 0 Å². The highest BCUT2D eigenvalue weighted by molar-refractivity contribution is 7.80. The summed E-state index contributed by atoms with van der Waals surface area (Å²) in [7, 11) is 1.52. The lowest BCUT2D eigenvalue weighted by atomic mass is 10.0. The van der Waals surface area contributed by atoms with Crippen molar-refractivity contribution >= 4 is 45.7 Å². The van der Waals surface area contributed by atoms with Crippen LogP contribution in [-0.4, -0.2) is 28.0 Å². The summed E-state index contributed by atoms with van der Waals surface area (Å²) in [5.74, 6) is 0.718. The summed E-state index contributed by atoms with van der Waals surface area (Å²) in [5, 5.41) is 16.7. The summed E-state index contributed by atoms with van der Waals surface area (Å²) in [6.45, 7) is 5.75. The van der Waals surface area contributed by atoms with E-state index in [9.17, 15) is 14.9 Å². The van der Waals surface area contributed by atoms with Gasteiger partial charge in [-0.3, -0.25) is 20.2 Å². The van der Waals surface area contributed by atoms with E-state index in [1.165, 1.54) is 37.8 Å². The molecule has 0 bridgehead atoms. The van der Waals surface area contributed by atoms with Crippen molar-refractivity contribution < 1.29 is 18.9 Å². The summed E-state index contributed by atoms with van der Waals surface area (Å²) in [6.07, 6.45) is 0. The molecule has 1 aromatic heterocycles. The highest BCUT2D eigenvalue weighted by Crippen LogP contribution is 2.32. The van der Waals surface area contributed by atoms with E-state index in [2.05, 4.69) is 29.5 Å². The predicted molar refractivity (Wildman–Crippen MR) is 142 cm³/mol. The number of hydrogen-bond acceptors (Lipinski definition) is 7. The SMILES string of the molecule is COc1ccc(-c2nc3cc(C(C)C)ccc3o2)cc1NC(=S)NC(=O)c1cccc([N+](=O)[O-])c1C. The number of nitrogens with zero attached hydrogens (tertiary/aromatic N) is 2. The zero-order chi connectivity index (χ0) is 26.0. The van der Waals surface area contributed by atoms with E-state index in [-0.39, 0.29) is 21.9 Å². The molecule has 0 aliphatic rings. The number of carbonyl (C=O) groups is 1. The van der Waals surface area contributed by atoms with Gasteiger partial charge in [0.1, 0.15) is 11.3 Å². The molecule has 0 radical (unpaired) electrons. The number of nitro groups is 1. The summed E-state index contributed by atoms with van der Waals surface area (Å²) in [5.41, 5.74) is 4.03. The normalized spacial score (nSPS) is 10.9. The molecule has 0 unspecified atom stereocenters. The summed E-state index contributed by atoms with van der Waals surface area (Å²) < 4.78 is 11.4. The van der Waals surface area contributed by atoms with E-state index >= 15 is 0 Å². The van der Waals surface area contributed by atoms with Crippen molar-refractivity contribution in [3.05, 3.63) is 81.4 Å². The molecular formula is C26H24N4O5S. The molecule has 1 amide bonds. The van der Waals surface area contributed by atoms with Gasteiger partial charge in [-0.25, -0.2) is 4.98 Å². The Labute approximate surface area is 212 Å². The predicted octanol–water partition coefficient (Wildman–Crippen LogP) is 5.97. The number of thiocarbonyl (C=S) groups is 1. The van der Waals surface area contributed by atoms with Gasteiger partial charge >= 0.3 is 0 Å². The average Bonchev–Trinajstić information content (AvgIpc) is 3.27. The Morgan fingerprint density at radius 3 is 2.64 bits per heavy atom. The third kappa shape index (κ3) is 5.03. The first-order chi connectivity index (χ1) is 17.2. The first-order valence-corrected chi connectivity index (χ1v) is 11.5. The lowest BCUT2D eigenvalue weighted by Gasteiger charge is -2.14. The number of rotatable bonds is 6. The average molecular weight is 505 g/mol. The van der Waals surface area contributed by atoms with Crippen LogP contribution in [0.5, 0.6) is 5.75 Å². The molecule has 0 saturated heterocycles. The van der Waals surface area contributed by atoms with Crippen molar-refractivity contribution in [2.75, 3.05) is 12.4 Å². The molecule has 4 aromatic rings. The zero-order valence-electron chi connectivity index (χ0n) is 20.1. The number of nitrogens with one attached hydrogen (secondary N) is 2. The van der Waals surface area contributed by atoms with Crippen LogP contribution in [0.1, 0.15) is 41.3 Å². The molecule has 3 aromatic carbocycles. The van der Waals surface area contributed by atoms with Gasteiger partial charge in [0.25, 0.3) is 11.6 Å². The first-order valence-electron chi connectivity index (χ1n) is 11.1. The fraction of sp³-hybridized carbons (Fsp3) is 0.192. The second kappa shape index (κ2) is 10.1. The Kier molecular flexibility index (Phi) is 6.98. The number of hydrogen-bond donors (Lipinski definition) is 2. The van der Waals surface area contributed by atoms with Gasteiger partial charge in [-0.15, -0.1) is 0 Å². The molecule has 10 heteroatoms. The first kappa shape index (κ1) is 24.8. The van der Waals surface area contributed by atoms with Gasteiger partial charge in [-0.05, 0) is 67.0 Å². The maximum atomic E-state index is 12.7. The number of nitro benzene ring substituents is 1. The molecule has 0 saturated carbocycles. The monoisotopic (exact) mass is 504 g/mol. The molecule has 0 fully saturated rings. The lowest BCUT2D eigenvalue weighted by Crippen LogP contribution is -2.34. The second-order valence-electron chi connectivity index (χ2n) is 8.43. The standard InChI is InChI=1S/C26H24N4O5S/c1-14(2)16-8-11-23-20(12-16)27-25(35-23)17-9-10-22(34-4)19(13-17)28-26(36)29-24(31)18-6-5-7-21(15(18)3)30(32)33/h5-14H,1-4H3,(H2,28,29,31,36). The van der Waals surface area contributed by atoms with Gasteiger partial charge in [0.15, 0.2) is 10.7 Å². The third-order valence-corrected chi connectivity index (χ3v) is 5.95. The lowest BCUT2D eigenvalue weighted by molar-refractivity contribution is -0.385. The number of methoxy groups -OCH3 is 1. The minimum Gasteiger partial charge on any atom is -0.495 e. The van der Waals surface area contributed by atoms with Gasteiger partial charge in [0, 0.05) is 22.8 Å². The van der Waals surface area contributed by atoms with Gasteiger partial charge in [0.05, 0.1) is 17.7 Å². The molecule has 0 aliphatic carbocycles. The fourth-order valence-corrected chi connectivity index (χ4v) is 3.96. The van der Waals surface area contributed by atoms with Crippen molar-refractivity contribution in [3.8, 4) is 17.2 Å². The fourth-order valence-electron chi connectivity index (χ4n) is 3.76. The van der Waals surface area contributed by atoms with Crippen LogP contribution >= 0.6 is 12.2 Å². The Bertz CT molecular complexity index is 1500. The summed E-state index contributed by atoms with van der Waals surface area (Å²) in [4.78, 5) is 28.0. The molecule has 0 spiro atoms. The van der Waals surface area contributed by atoms with Crippen molar-refractivity contribution in [3.63, 3.8) is 0 Å². The number of aromatic nitrogens is 1. The number of carbonyl (C=O) groups excluding carboxylic acids is 1. The van der Waals surface area contributed by atoms with Crippen molar-refractivity contribution in [2.45, 2.75) is 26.7 Å². The van der Waals surface area contributed by atoms with Crippen LogP contribution < -0.4 is 15.4 Å². The van der Waals surface area contributed by atoms with Crippen molar-refractivity contribution in [1.82, 2.24) is 10.3 Å². The maximum Gasteiger partial charge on any atom is 0.273 e. The summed E-state index contributed by atoms with van der Waals surface area (Å²) in [6, 6.07) is 15.5. The van der Waals surface area contributed by atoms with Gasteiger partial charge in [0.2, 0.25) is 5.89 Å². The maximum absolute atomic E-state index is 12.7. The molecule has 1 heterocycles. The quantitative estimate of drug-likeness (QED) is 0.187. The minimum absolute atomic E-state index is 0.000460. The highest BCUT2D eigenvalue weighted by Gasteiger charge is 2.19. The highest BCUT2D eigenvalue weighted by atomic mass is 32.1. The van der Waals surface area contributed by atoms with E-state index < -0.39 is 10.8 Å². The number of fused-ring (bicyclic) bond motifs is 1. The molecule has 184 valence electrons. The molecule has 36 heavy (non-hydrogen) atoms. The zero-order valence-corrected chi connectivity index (χ0v) is 20.9. The Morgan fingerprint density at radius 2 is 1.94 bits per heavy atom. The van der Waals surface area contributed by atoms with Crippen LogP contribution in [0.25, 0.3) is 22.6 Å². The largest absolute Gasteiger partial charge is 0.495 e. The van der Waals surface area contributed by atoms with E-state index in [1.54, 1.807) is 12.1 Å². The van der Waals surface area contributed by atoms with E-state index in [0.717, 1.165) is 5.52 Å². The Morgan fingerprint density at radius 1 is 1.17 bits per heavy atom. The Balaban J connectivity index is 1.57. The van der Waals surface area contributed by atoms with Crippen LogP contribution in [0.2, 0.25) is 0 Å². The molecule has 0 atom stereocenters.